The highest BCUT2D eigenvalue weighted by Gasteiger charge is 2.55. The fourth-order valence-electron chi connectivity index (χ4n) is 7.17. The summed E-state index contributed by atoms with van der Waals surface area (Å²) in [7, 11) is 0. The summed E-state index contributed by atoms with van der Waals surface area (Å²) in [5.74, 6) is 2.67. The molecule has 0 bridgehead atoms. The second-order valence-electron chi connectivity index (χ2n) is 11.2. The van der Waals surface area contributed by atoms with Gasteiger partial charge >= 0.3 is 5.97 Å². The molecule has 5 atom stereocenters. The van der Waals surface area contributed by atoms with E-state index in [4.69, 9.17) is 14.2 Å². The number of ether oxygens (including phenoxy) is 3. The van der Waals surface area contributed by atoms with Crippen LogP contribution >= 0.6 is 0 Å². The predicted octanol–water partition coefficient (Wildman–Crippen LogP) is 3.85. The van der Waals surface area contributed by atoms with Crippen LogP contribution in [0.15, 0.2) is 30.4 Å². The summed E-state index contributed by atoms with van der Waals surface area (Å²) >= 11 is 0. The van der Waals surface area contributed by atoms with E-state index in [-0.39, 0.29) is 23.4 Å². The zero-order valence-electron chi connectivity index (χ0n) is 19.8. The Morgan fingerprint density at radius 1 is 1.12 bits per heavy atom. The Hall–Kier alpha value is -2.05. The molecule has 1 aromatic rings. The molecule has 6 rings (SSSR count). The summed E-state index contributed by atoms with van der Waals surface area (Å²) in [6.45, 7) is 12.9. The zero-order chi connectivity index (χ0) is 22.6. The number of hydrogen-bond acceptors (Lipinski definition) is 6. The van der Waals surface area contributed by atoms with E-state index in [1.165, 1.54) is 24.0 Å². The first-order chi connectivity index (χ1) is 16.0. The van der Waals surface area contributed by atoms with Gasteiger partial charge in [0.15, 0.2) is 11.5 Å². The molecule has 3 heterocycles. The molecule has 5 aliphatic rings. The number of esters is 1. The van der Waals surface area contributed by atoms with Crippen molar-refractivity contribution in [3.05, 3.63) is 35.9 Å². The molecular weight excluding hydrogens is 416 g/mol. The third kappa shape index (κ3) is 3.95. The molecule has 6 heteroatoms. The van der Waals surface area contributed by atoms with E-state index in [2.05, 4.69) is 35.4 Å². The highest BCUT2D eigenvalue weighted by Crippen LogP contribution is 2.57. The normalized spacial score (nSPS) is 36.4. The highest BCUT2D eigenvalue weighted by atomic mass is 16.7. The van der Waals surface area contributed by atoms with Gasteiger partial charge in [-0.1, -0.05) is 25.1 Å². The van der Waals surface area contributed by atoms with Crippen molar-refractivity contribution in [2.75, 3.05) is 39.5 Å². The maximum absolute atomic E-state index is 12.9. The molecule has 0 N–H and O–H groups in total. The number of rotatable bonds is 4. The molecule has 2 saturated heterocycles. The number of hydrogen-bond donors (Lipinski definition) is 0. The lowest BCUT2D eigenvalue weighted by molar-refractivity contribution is -0.146. The smallest absolute Gasteiger partial charge is 0.310 e. The van der Waals surface area contributed by atoms with Crippen LogP contribution in [0.2, 0.25) is 0 Å². The van der Waals surface area contributed by atoms with Crippen LogP contribution in [0.25, 0.3) is 0 Å². The monoisotopic (exact) mass is 452 g/mol. The molecule has 6 nitrogen and oxygen atoms in total. The van der Waals surface area contributed by atoms with Gasteiger partial charge < -0.3 is 14.2 Å². The van der Waals surface area contributed by atoms with Crippen molar-refractivity contribution in [2.24, 2.45) is 23.2 Å². The van der Waals surface area contributed by atoms with E-state index in [0.29, 0.717) is 18.6 Å². The number of fused-ring (bicyclic) bond motifs is 3. The maximum Gasteiger partial charge on any atom is 0.310 e. The molecule has 3 aliphatic heterocycles. The van der Waals surface area contributed by atoms with Gasteiger partial charge in [-0.15, -0.1) is 0 Å². The molecule has 0 radical (unpaired) electrons. The van der Waals surface area contributed by atoms with Crippen LogP contribution in [0.4, 0.5) is 0 Å². The average Bonchev–Trinajstić information content (AvgIpc) is 3.37. The van der Waals surface area contributed by atoms with Crippen LogP contribution in [-0.2, 0) is 16.1 Å². The van der Waals surface area contributed by atoms with Crippen LogP contribution < -0.4 is 9.47 Å². The van der Waals surface area contributed by atoms with E-state index < -0.39 is 0 Å². The van der Waals surface area contributed by atoms with Crippen LogP contribution in [0.5, 0.6) is 11.5 Å². The van der Waals surface area contributed by atoms with E-state index in [1.807, 2.05) is 6.07 Å². The van der Waals surface area contributed by atoms with Gasteiger partial charge in [0.05, 0.1) is 5.92 Å². The van der Waals surface area contributed by atoms with Crippen molar-refractivity contribution in [3.8, 4) is 11.5 Å². The second kappa shape index (κ2) is 8.31. The minimum Gasteiger partial charge on any atom is -0.462 e. The van der Waals surface area contributed by atoms with Crippen molar-refractivity contribution in [3.63, 3.8) is 0 Å². The van der Waals surface area contributed by atoms with E-state index in [1.54, 1.807) is 0 Å². The Morgan fingerprint density at radius 3 is 2.76 bits per heavy atom. The minimum atomic E-state index is 0.0229. The van der Waals surface area contributed by atoms with Crippen molar-refractivity contribution >= 4 is 5.97 Å². The summed E-state index contributed by atoms with van der Waals surface area (Å²) in [4.78, 5) is 17.9. The topological polar surface area (TPSA) is 51.2 Å². The maximum atomic E-state index is 12.9. The first kappa shape index (κ1) is 21.5. The second-order valence-corrected chi connectivity index (χ2v) is 11.2. The Morgan fingerprint density at radius 2 is 1.91 bits per heavy atom. The van der Waals surface area contributed by atoms with Crippen molar-refractivity contribution in [1.82, 2.24) is 9.80 Å². The zero-order valence-corrected chi connectivity index (χ0v) is 19.8. The predicted molar refractivity (Wildman–Crippen MR) is 125 cm³/mol. The fourth-order valence-corrected chi connectivity index (χ4v) is 7.17. The van der Waals surface area contributed by atoms with E-state index in [0.717, 1.165) is 70.0 Å². The van der Waals surface area contributed by atoms with Gasteiger partial charge in [0.25, 0.3) is 0 Å². The Balaban J connectivity index is 1.05. The molecule has 2 saturated carbocycles. The molecule has 2 aliphatic carbocycles. The molecule has 178 valence electrons. The fraction of sp³-hybridized carbons (Fsp3) is 0.667. The summed E-state index contributed by atoms with van der Waals surface area (Å²) in [6, 6.07) is 6.23. The molecule has 1 aromatic carbocycles. The van der Waals surface area contributed by atoms with Gasteiger partial charge in [-0.25, -0.2) is 0 Å². The van der Waals surface area contributed by atoms with Crippen LogP contribution in [-0.4, -0.2) is 61.4 Å². The highest BCUT2D eigenvalue weighted by molar-refractivity contribution is 5.75. The minimum absolute atomic E-state index is 0.0229. The van der Waals surface area contributed by atoms with Crippen LogP contribution in [0.3, 0.4) is 0 Å². The number of benzene rings is 1. The number of carbonyl (C=O) groups is 1. The average molecular weight is 453 g/mol. The molecule has 33 heavy (non-hydrogen) atoms. The van der Waals surface area contributed by atoms with Gasteiger partial charge in [0, 0.05) is 45.2 Å². The quantitative estimate of drug-likeness (QED) is 0.511. The van der Waals surface area contributed by atoms with Crippen LogP contribution in [0, 0.1) is 23.2 Å². The Bertz CT molecular complexity index is 940. The number of piperazine rings is 1. The molecule has 0 spiro atoms. The lowest BCUT2D eigenvalue weighted by Crippen LogP contribution is -2.49. The largest absolute Gasteiger partial charge is 0.462 e. The molecule has 0 amide bonds. The van der Waals surface area contributed by atoms with Gasteiger partial charge in [-0.2, -0.15) is 0 Å². The Labute approximate surface area is 196 Å². The van der Waals surface area contributed by atoms with Gasteiger partial charge in [0.1, 0.15) is 6.10 Å². The van der Waals surface area contributed by atoms with Crippen LogP contribution in [0.1, 0.15) is 44.6 Å². The number of allylic oxidation sites excluding steroid dienone is 1. The van der Waals surface area contributed by atoms with Crippen molar-refractivity contribution in [1.29, 1.82) is 0 Å². The van der Waals surface area contributed by atoms with E-state index in [9.17, 15) is 4.79 Å². The molecule has 4 fully saturated rings. The van der Waals surface area contributed by atoms with E-state index >= 15 is 0 Å². The summed E-state index contributed by atoms with van der Waals surface area (Å²) < 4.78 is 16.9. The summed E-state index contributed by atoms with van der Waals surface area (Å²) in [6.07, 6.45) is 5.85. The third-order valence-electron chi connectivity index (χ3n) is 9.08. The lowest BCUT2D eigenvalue weighted by atomic mass is 9.55. The summed E-state index contributed by atoms with van der Waals surface area (Å²) in [5.41, 5.74) is 2.94. The first-order valence-electron chi connectivity index (χ1n) is 12.7. The lowest BCUT2D eigenvalue weighted by Gasteiger charge is -2.50. The number of nitrogens with zero attached hydrogens (tertiary/aromatic N) is 2. The standard InChI is InChI=1S/C27H36N2O4/c1-18-4-3-7-27(2)14-25-20(13-22(18)27)21(26(30)33-25)16-29-10-8-28(9-11-29)15-19-5-6-23-24(12-19)32-17-31-23/h5-6,12,20-22,25H,1,3-4,7-11,13-17H2,2H3. The Kier molecular flexibility index (Phi) is 5.41. The SMILES string of the molecule is C=C1CCCC2(C)CC3OC(=O)C(CN4CCN(Cc5ccc6c(c5)OCO6)CC4)C3CC12. The number of carbonyl (C=O) groups excluding carboxylic acids is 1. The van der Waals surface area contributed by atoms with Gasteiger partial charge in [-0.3, -0.25) is 14.6 Å². The molecular formula is C27H36N2O4. The van der Waals surface area contributed by atoms with Gasteiger partial charge in [-0.05, 0) is 61.1 Å². The third-order valence-corrected chi connectivity index (χ3v) is 9.08. The molecule has 0 aromatic heterocycles. The van der Waals surface area contributed by atoms with Gasteiger partial charge in [0.2, 0.25) is 6.79 Å². The van der Waals surface area contributed by atoms with Crippen molar-refractivity contribution in [2.45, 2.75) is 51.7 Å². The van der Waals surface area contributed by atoms with Crippen molar-refractivity contribution < 1.29 is 19.0 Å². The molecule has 5 unspecified atom stereocenters. The summed E-state index contributed by atoms with van der Waals surface area (Å²) in [5, 5.41) is 0. The first-order valence-corrected chi connectivity index (χ1v) is 12.7.